The van der Waals surface area contributed by atoms with E-state index in [-0.39, 0.29) is 6.10 Å². The Hall–Kier alpha value is -0.770. The van der Waals surface area contributed by atoms with Gasteiger partial charge in [-0.1, -0.05) is 0 Å². The van der Waals surface area contributed by atoms with Crippen LogP contribution >= 0.6 is 0 Å². The molecule has 4 heteroatoms. The third kappa shape index (κ3) is 3.61. The Kier molecular flexibility index (Phi) is 3.85. The molecule has 1 N–H and O–H groups in total. The molecule has 104 valence electrons. The quantitative estimate of drug-likeness (QED) is 0.732. The molecule has 2 fully saturated rings. The van der Waals surface area contributed by atoms with E-state index in [1.165, 1.54) is 19.3 Å². The summed E-state index contributed by atoms with van der Waals surface area (Å²) in [5.41, 5.74) is -0.0555. The molecule has 0 aromatic carbocycles. The molecule has 0 radical (unpaired) electrons. The van der Waals surface area contributed by atoms with E-state index in [0.29, 0.717) is 5.41 Å². The largest absolute Gasteiger partial charge is 0.509 e. The number of hydrogen-bond acceptors (Lipinski definition) is 4. The summed E-state index contributed by atoms with van der Waals surface area (Å²) in [6.07, 6.45) is 5.13. The van der Waals surface area contributed by atoms with Gasteiger partial charge in [-0.3, -0.25) is 0 Å². The number of ether oxygens (including phenoxy) is 2. The molecule has 18 heavy (non-hydrogen) atoms. The minimum atomic E-state index is -0.515. The van der Waals surface area contributed by atoms with Crippen LogP contribution in [0.1, 0.15) is 52.9 Å². The van der Waals surface area contributed by atoms with Crippen LogP contribution in [0.4, 0.5) is 4.79 Å². The zero-order valence-electron chi connectivity index (χ0n) is 11.8. The van der Waals surface area contributed by atoms with Crippen molar-refractivity contribution in [2.75, 3.05) is 13.1 Å². The fourth-order valence-electron chi connectivity index (χ4n) is 3.08. The van der Waals surface area contributed by atoms with Crippen molar-refractivity contribution in [3.63, 3.8) is 0 Å². The highest BCUT2D eigenvalue weighted by molar-refractivity contribution is 5.60. The maximum absolute atomic E-state index is 11.6. The normalized spacial score (nSPS) is 27.2. The first-order valence-corrected chi connectivity index (χ1v) is 6.99. The highest BCUT2D eigenvalue weighted by atomic mass is 16.7. The number of carbonyl (C=O) groups is 1. The molecule has 1 atom stereocenters. The van der Waals surface area contributed by atoms with Crippen LogP contribution in [0.2, 0.25) is 0 Å². The van der Waals surface area contributed by atoms with Gasteiger partial charge in [0.05, 0.1) is 0 Å². The molecule has 1 aliphatic carbocycles. The summed E-state index contributed by atoms with van der Waals surface area (Å²) < 4.78 is 10.6. The Morgan fingerprint density at radius 2 is 1.89 bits per heavy atom. The smallest absolute Gasteiger partial charge is 0.431 e. The SMILES string of the molecule is CC(C)(C)OC(=O)O[C@@H]1CCC2(CCNCC2)C1. The summed E-state index contributed by atoms with van der Waals surface area (Å²) in [7, 11) is 0. The maximum atomic E-state index is 11.6. The molecular weight excluding hydrogens is 230 g/mol. The lowest BCUT2D eigenvalue weighted by Gasteiger charge is -2.33. The van der Waals surface area contributed by atoms with Crippen LogP contribution in [0.5, 0.6) is 0 Å². The molecule has 0 unspecified atom stereocenters. The summed E-state index contributed by atoms with van der Waals surface area (Å²) in [6, 6.07) is 0. The van der Waals surface area contributed by atoms with Crippen molar-refractivity contribution in [2.24, 2.45) is 5.41 Å². The summed E-state index contributed by atoms with van der Waals surface area (Å²) in [5, 5.41) is 3.39. The average molecular weight is 255 g/mol. The lowest BCUT2D eigenvalue weighted by atomic mass is 9.77. The van der Waals surface area contributed by atoms with E-state index >= 15 is 0 Å². The van der Waals surface area contributed by atoms with Crippen molar-refractivity contribution in [1.29, 1.82) is 0 Å². The number of hydrogen-bond donors (Lipinski definition) is 1. The van der Waals surface area contributed by atoms with Gasteiger partial charge in [0.15, 0.2) is 0 Å². The van der Waals surface area contributed by atoms with Crippen LogP contribution in [0, 0.1) is 5.41 Å². The molecule has 1 heterocycles. The Labute approximate surface area is 109 Å². The van der Waals surface area contributed by atoms with Gasteiger partial charge in [-0.2, -0.15) is 0 Å². The topological polar surface area (TPSA) is 47.6 Å². The summed E-state index contributed by atoms with van der Waals surface area (Å²) in [6.45, 7) is 7.77. The van der Waals surface area contributed by atoms with Gasteiger partial charge >= 0.3 is 6.16 Å². The van der Waals surface area contributed by atoms with Crippen molar-refractivity contribution in [2.45, 2.75) is 64.6 Å². The van der Waals surface area contributed by atoms with Crippen LogP contribution in [0.3, 0.4) is 0 Å². The van der Waals surface area contributed by atoms with Gasteiger partial charge in [0.1, 0.15) is 11.7 Å². The molecule has 0 aromatic rings. The van der Waals surface area contributed by atoms with Crippen molar-refractivity contribution < 1.29 is 14.3 Å². The van der Waals surface area contributed by atoms with Gasteiger partial charge in [0, 0.05) is 0 Å². The molecule has 1 aliphatic heterocycles. The molecule has 1 spiro atoms. The highest BCUT2D eigenvalue weighted by Crippen LogP contribution is 2.46. The average Bonchev–Trinajstić information content (AvgIpc) is 2.59. The van der Waals surface area contributed by atoms with Crippen LogP contribution in [0.25, 0.3) is 0 Å². The molecular formula is C14H25NO3. The standard InChI is InChI=1S/C14H25NO3/c1-13(2,3)18-12(16)17-11-4-5-14(10-11)6-8-15-9-7-14/h11,15H,4-10H2,1-3H3/t11-/m1/s1. The van der Waals surface area contributed by atoms with Crippen LogP contribution in [-0.4, -0.2) is 30.9 Å². The molecule has 2 aliphatic rings. The van der Waals surface area contributed by atoms with Crippen molar-refractivity contribution >= 4 is 6.16 Å². The fraction of sp³-hybridized carbons (Fsp3) is 0.929. The van der Waals surface area contributed by atoms with E-state index < -0.39 is 11.8 Å². The Bertz CT molecular complexity index is 303. The van der Waals surface area contributed by atoms with Gasteiger partial charge < -0.3 is 14.8 Å². The minimum Gasteiger partial charge on any atom is -0.431 e. The predicted molar refractivity (Wildman–Crippen MR) is 69.5 cm³/mol. The third-order valence-electron chi connectivity index (χ3n) is 3.97. The zero-order valence-corrected chi connectivity index (χ0v) is 11.8. The Balaban J connectivity index is 1.80. The van der Waals surface area contributed by atoms with Gasteiger partial charge in [0.25, 0.3) is 0 Å². The number of piperidine rings is 1. The molecule has 0 amide bonds. The van der Waals surface area contributed by atoms with Gasteiger partial charge in [-0.15, -0.1) is 0 Å². The second kappa shape index (κ2) is 5.08. The van der Waals surface area contributed by atoms with E-state index in [4.69, 9.17) is 9.47 Å². The Morgan fingerprint density at radius 1 is 1.22 bits per heavy atom. The minimum absolute atomic E-state index is 0.0537. The second-order valence-corrected chi connectivity index (χ2v) is 6.70. The molecule has 0 bridgehead atoms. The van der Waals surface area contributed by atoms with E-state index in [0.717, 1.165) is 25.9 Å². The number of nitrogens with one attached hydrogen (secondary N) is 1. The van der Waals surface area contributed by atoms with E-state index in [2.05, 4.69) is 5.32 Å². The molecule has 2 rings (SSSR count). The van der Waals surface area contributed by atoms with Crippen LogP contribution in [0.15, 0.2) is 0 Å². The first kappa shape index (κ1) is 13.7. The maximum Gasteiger partial charge on any atom is 0.509 e. The van der Waals surface area contributed by atoms with Crippen molar-refractivity contribution in [1.82, 2.24) is 5.32 Å². The molecule has 1 saturated carbocycles. The predicted octanol–water partition coefficient (Wildman–Crippen LogP) is 2.86. The molecule has 0 aromatic heterocycles. The van der Waals surface area contributed by atoms with Gasteiger partial charge in [-0.25, -0.2) is 4.79 Å². The third-order valence-corrected chi connectivity index (χ3v) is 3.97. The van der Waals surface area contributed by atoms with Crippen LogP contribution in [-0.2, 0) is 9.47 Å². The van der Waals surface area contributed by atoms with Gasteiger partial charge in [-0.05, 0) is 71.4 Å². The highest BCUT2D eigenvalue weighted by Gasteiger charge is 2.41. The zero-order chi connectivity index (χ0) is 13.2. The Morgan fingerprint density at radius 3 is 2.50 bits per heavy atom. The first-order chi connectivity index (χ1) is 8.39. The summed E-state index contributed by atoms with van der Waals surface area (Å²) in [5.74, 6) is 0. The van der Waals surface area contributed by atoms with E-state index in [9.17, 15) is 4.79 Å². The second-order valence-electron chi connectivity index (χ2n) is 6.70. The number of rotatable bonds is 1. The first-order valence-electron chi connectivity index (χ1n) is 6.99. The van der Waals surface area contributed by atoms with E-state index in [1.807, 2.05) is 20.8 Å². The van der Waals surface area contributed by atoms with Crippen LogP contribution < -0.4 is 5.32 Å². The molecule has 1 saturated heterocycles. The van der Waals surface area contributed by atoms with E-state index in [1.54, 1.807) is 0 Å². The summed E-state index contributed by atoms with van der Waals surface area (Å²) in [4.78, 5) is 11.6. The van der Waals surface area contributed by atoms with Gasteiger partial charge in [0.2, 0.25) is 0 Å². The lowest BCUT2D eigenvalue weighted by Crippen LogP contribution is -2.35. The van der Waals surface area contributed by atoms with Crippen molar-refractivity contribution in [3.8, 4) is 0 Å². The van der Waals surface area contributed by atoms with Crippen molar-refractivity contribution in [3.05, 3.63) is 0 Å². The monoisotopic (exact) mass is 255 g/mol. The number of carbonyl (C=O) groups excluding carboxylic acids is 1. The lowest BCUT2D eigenvalue weighted by molar-refractivity contribution is -0.0279. The summed E-state index contributed by atoms with van der Waals surface area (Å²) >= 11 is 0. The fourth-order valence-corrected chi connectivity index (χ4v) is 3.08. The molecule has 4 nitrogen and oxygen atoms in total.